The average molecular weight is 192 g/mol. The fourth-order valence-electron chi connectivity index (χ4n) is 1.83. The van der Waals surface area contributed by atoms with Crippen molar-refractivity contribution < 1.29 is 9.84 Å². The highest BCUT2D eigenvalue weighted by Gasteiger charge is 2.28. The third-order valence-corrected chi connectivity index (χ3v) is 2.76. The maximum absolute atomic E-state index is 9.90. The van der Waals surface area contributed by atoms with Crippen LogP contribution in [0.25, 0.3) is 0 Å². The van der Waals surface area contributed by atoms with Crippen molar-refractivity contribution in [2.45, 2.75) is 32.5 Å². The second-order valence-corrected chi connectivity index (χ2v) is 4.19. The van der Waals surface area contributed by atoms with Gasteiger partial charge in [-0.1, -0.05) is 32.0 Å². The lowest BCUT2D eigenvalue weighted by Gasteiger charge is -2.31. The first-order valence-corrected chi connectivity index (χ1v) is 5.12. The van der Waals surface area contributed by atoms with E-state index in [1.54, 1.807) is 0 Å². The third kappa shape index (κ3) is 1.62. The maximum Gasteiger partial charge on any atom is 0.125 e. The number of benzene rings is 1. The summed E-state index contributed by atoms with van der Waals surface area (Å²) in [6.07, 6.45) is 0.474. The quantitative estimate of drug-likeness (QED) is 0.741. The smallest absolute Gasteiger partial charge is 0.125 e. The highest BCUT2D eigenvalue weighted by Crippen LogP contribution is 2.36. The minimum atomic E-state index is -0.368. The molecule has 0 aliphatic carbocycles. The van der Waals surface area contributed by atoms with E-state index in [1.807, 2.05) is 24.3 Å². The first-order chi connectivity index (χ1) is 6.68. The average Bonchev–Trinajstić information content (AvgIpc) is 2.17. The molecule has 0 aromatic heterocycles. The van der Waals surface area contributed by atoms with Crippen LogP contribution in [-0.4, -0.2) is 11.2 Å². The van der Waals surface area contributed by atoms with Gasteiger partial charge in [-0.25, -0.2) is 0 Å². The Morgan fingerprint density at radius 2 is 2.07 bits per heavy atom. The van der Waals surface area contributed by atoms with Gasteiger partial charge in [-0.3, -0.25) is 0 Å². The molecule has 0 radical (unpaired) electrons. The van der Waals surface area contributed by atoms with E-state index in [0.717, 1.165) is 11.3 Å². The number of para-hydroxylation sites is 1. The van der Waals surface area contributed by atoms with Crippen molar-refractivity contribution in [1.29, 1.82) is 0 Å². The summed E-state index contributed by atoms with van der Waals surface area (Å²) in [6.45, 7) is 4.23. The summed E-state index contributed by atoms with van der Waals surface area (Å²) in [5.41, 5.74) is 0.921. The minimum absolute atomic E-state index is 0.139. The van der Waals surface area contributed by atoms with Crippen LogP contribution >= 0.6 is 0 Å². The summed E-state index contributed by atoms with van der Waals surface area (Å²) in [7, 11) is 0. The van der Waals surface area contributed by atoms with E-state index in [4.69, 9.17) is 4.74 Å². The predicted octanol–water partition coefficient (Wildman–Crippen LogP) is 2.53. The Morgan fingerprint density at radius 3 is 2.79 bits per heavy atom. The highest BCUT2D eigenvalue weighted by molar-refractivity contribution is 5.36. The fraction of sp³-hybridized carbons (Fsp3) is 0.500. The van der Waals surface area contributed by atoms with Crippen LogP contribution in [0.5, 0.6) is 5.75 Å². The Kier molecular flexibility index (Phi) is 2.46. The zero-order valence-corrected chi connectivity index (χ0v) is 8.60. The lowest BCUT2D eigenvalue weighted by molar-refractivity contribution is 0.0427. The number of hydrogen-bond acceptors (Lipinski definition) is 2. The molecular formula is C12H16O2. The molecule has 1 aliphatic heterocycles. The van der Waals surface area contributed by atoms with E-state index < -0.39 is 0 Å². The standard InChI is InChI=1S/C12H16O2/c1-8(2)12-7-10(13)9-5-3-4-6-11(9)14-12/h3-6,8,10,12-13H,7H2,1-2H3/t10-,12-/m1/s1. The monoisotopic (exact) mass is 192 g/mol. The molecule has 1 aliphatic rings. The molecule has 0 unspecified atom stereocenters. The van der Waals surface area contributed by atoms with E-state index in [9.17, 15) is 5.11 Å². The summed E-state index contributed by atoms with van der Waals surface area (Å²) in [5, 5.41) is 9.90. The molecular weight excluding hydrogens is 176 g/mol. The molecule has 0 saturated heterocycles. The lowest BCUT2D eigenvalue weighted by Crippen LogP contribution is -2.30. The zero-order chi connectivity index (χ0) is 10.1. The van der Waals surface area contributed by atoms with E-state index >= 15 is 0 Å². The van der Waals surface area contributed by atoms with Crippen molar-refractivity contribution in [3.05, 3.63) is 29.8 Å². The summed E-state index contributed by atoms with van der Waals surface area (Å²) < 4.78 is 5.80. The lowest BCUT2D eigenvalue weighted by atomic mass is 9.93. The van der Waals surface area contributed by atoms with Gasteiger partial charge in [0.05, 0.1) is 6.10 Å². The van der Waals surface area contributed by atoms with Crippen molar-refractivity contribution >= 4 is 0 Å². The molecule has 0 amide bonds. The molecule has 14 heavy (non-hydrogen) atoms. The van der Waals surface area contributed by atoms with Crippen molar-refractivity contribution in [1.82, 2.24) is 0 Å². The Balaban J connectivity index is 2.29. The van der Waals surface area contributed by atoms with Gasteiger partial charge in [-0.05, 0) is 12.0 Å². The molecule has 1 aromatic carbocycles. The molecule has 2 nitrogen and oxygen atoms in total. The number of hydrogen-bond donors (Lipinski definition) is 1. The number of fused-ring (bicyclic) bond motifs is 1. The molecule has 0 bridgehead atoms. The molecule has 2 heteroatoms. The normalized spacial score (nSPS) is 25.7. The van der Waals surface area contributed by atoms with Crippen LogP contribution in [0, 0.1) is 5.92 Å². The van der Waals surface area contributed by atoms with Gasteiger partial charge in [-0.2, -0.15) is 0 Å². The van der Waals surface area contributed by atoms with Gasteiger partial charge in [0, 0.05) is 12.0 Å². The molecule has 1 aromatic rings. The van der Waals surface area contributed by atoms with Crippen LogP contribution in [0.2, 0.25) is 0 Å². The van der Waals surface area contributed by atoms with E-state index in [0.29, 0.717) is 12.3 Å². The Morgan fingerprint density at radius 1 is 1.36 bits per heavy atom. The van der Waals surface area contributed by atoms with Crippen molar-refractivity contribution in [2.75, 3.05) is 0 Å². The molecule has 1 heterocycles. The van der Waals surface area contributed by atoms with Crippen LogP contribution in [0.15, 0.2) is 24.3 Å². The molecule has 0 fully saturated rings. The summed E-state index contributed by atoms with van der Waals surface area (Å²) in [5.74, 6) is 1.28. The SMILES string of the molecule is CC(C)[C@H]1C[C@@H](O)c2ccccc2O1. The molecule has 2 atom stereocenters. The van der Waals surface area contributed by atoms with Crippen molar-refractivity contribution in [3.63, 3.8) is 0 Å². The maximum atomic E-state index is 9.90. The van der Waals surface area contributed by atoms with Crippen LogP contribution < -0.4 is 4.74 Å². The van der Waals surface area contributed by atoms with Gasteiger partial charge in [0.15, 0.2) is 0 Å². The molecule has 1 N–H and O–H groups in total. The molecule has 0 saturated carbocycles. The number of aliphatic hydroxyl groups excluding tert-OH is 1. The largest absolute Gasteiger partial charge is 0.490 e. The number of rotatable bonds is 1. The van der Waals surface area contributed by atoms with Gasteiger partial charge in [0.25, 0.3) is 0 Å². The molecule has 0 spiro atoms. The first kappa shape index (κ1) is 9.53. The van der Waals surface area contributed by atoms with E-state index in [-0.39, 0.29) is 12.2 Å². The van der Waals surface area contributed by atoms with Gasteiger partial charge in [0.2, 0.25) is 0 Å². The zero-order valence-electron chi connectivity index (χ0n) is 8.60. The number of aliphatic hydroxyl groups is 1. The van der Waals surface area contributed by atoms with Gasteiger partial charge < -0.3 is 9.84 Å². The summed E-state index contributed by atoms with van der Waals surface area (Å²) in [4.78, 5) is 0. The Labute approximate surface area is 84.5 Å². The van der Waals surface area contributed by atoms with E-state index in [2.05, 4.69) is 13.8 Å². The van der Waals surface area contributed by atoms with Gasteiger partial charge >= 0.3 is 0 Å². The third-order valence-electron chi connectivity index (χ3n) is 2.76. The van der Waals surface area contributed by atoms with Crippen LogP contribution in [-0.2, 0) is 0 Å². The minimum Gasteiger partial charge on any atom is -0.490 e. The summed E-state index contributed by atoms with van der Waals surface area (Å²) in [6, 6.07) is 7.72. The highest BCUT2D eigenvalue weighted by atomic mass is 16.5. The fourth-order valence-corrected chi connectivity index (χ4v) is 1.83. The number of ether oxygens (including phenoxy) is 1. The van der Waals surface area contributed by atoms with E-state index in [1.165, 1.54) is 0 Å². The van der Waals surface area contributed by atoms with Gasteiger partial charge in [0.1, 0.15) is 11.9 Å². The summed E-state index contributed by atoms with van der Waals surface area (Å²) >= 11 is 0. The second kappa shape index (κ2) is 3.62. The molecule has 2 rings (SSSR count). The second-order valence-electron chi connectivity index (χ2n) is 4.19. The van der Waals surface area contributed by atoms with Gasteiger partial charge in [-0.15, -0.1) is 0 Å². The topological polar surface area (TPSA) is 29.5 Å². The van der Waals surface area contributed by atoms with Crippen LogP contribution in [0.3, 0.4) is 0 Å². The Bertz CT molecular complexity index is 320. The van der Waals surface area contributed by atoms with Crippen LogP contribution in [0.1, 0.15) is 31.9 Å². The Hall–Kier alpha value is -1.02. The van der Waals surface area contributed by atoms with Crippen molar-refractivity contribution in [3.8, 4) is 5.75 Å². The van der Waals surface area contributed by atoms with Crippen LogP contribution in [0.4, 0.5) is 0 Å². The van der Waals surface area contributed by atoms with Crippen molar-refractivity contribution in [2.24, 2.45) is 5.92 Å². The predicted molar refractivity (Wildman–Crippen MR) is 55.3 cm³/mol. The first-order valence-electron chi connectivity index (χ1n) is 5.12. The molecule has 76 valence electrons.